The van der Waals surface area contributed by atoms with Gasteiger partial charge in [-0.15, -0.1) is 0 Å². The Hall–Kier alpha value is -2.31. The maximum atomic E-state index is 14.0. The summed E-state index contributed by atoms with van der Waals surface area (Å²) in [5, 5.41) is 13.1. The third kappa shape index (κ3) is 3.16. The molecule has 0 saturated carbocycles. The minimum atomic E-state index is -0.559. The third-order valence-electron chi connectivity index (χ3n) is 3.48. The molecule has 0 atom stereocenters. The number of halogens is 3. The van der Waals surface area contributed by atoms with Crippen molar-refractivity contribution in [1.82, 2.24) is 4.98 Å². The molecule has 0 aliphatic carbocycles. The van der Waals surface area contributed by atoms with Crippen molar-refractivity contribution in [2.45, 2.75) is 0 Å². The van der Waals surface area contributed by atoms with Crippen LogP contribution in [0.5, 0.6) is 0 Å². The van der Waals surface area contributed by atoms with Gasteiger partial charge in [0.25, 0.3) is 0 Å². The zero-order valence-corrected chi connectivity index (χ0v) is 14.6. The number of hydrogen-bond acceptors (Lipinski definition) is 4. The quantitative estimate of drug-likeness (QED) is 0.382. The molecule has 1 aromatic heterocycles. The number of aromatic nitrogens is 1. The van der Waals surface area contributed by atoms with Crippen molar-refractivity contribution in [2.75, 3.05) is 0 Å². The van der Waals surface area contributed by atoms with E-state index in [0.717, 1.165) is 15.4 Å². The summed E-state index contributed by atoms with van der Waals surface area (Å²) in [5.41, 5.74) is 1.45. The number of nitrogens with one attached hydrogen (secondary N) is 1. The summed E-state index contributed by atoms with van der Waals surface area (Å²) in [6, 6.07) is 11.2. The second-order valence-corrected chi connectivity index (χ2v) is 6.39. The van der Waals surface area contributed by atoms with Gasteiger partial charge in [-0.1, -0.05) is 17.7 Å². The van der Waals surface area contributed by atoms with Crippen LogP contribution in [0.4, 0.5) is 4.39 Å². The van der Waals surface area contributed by atoms with Gasteiger partial charge in [0.2, 0.25) is 0 Å². The first-order valence-corrected chi connectivity index (χ1v) is 8.04. The molecule has 0 spiro atoms. The van der Waals surface area contributed by atoms with Crippen molar-refractivity contribution < 1.29 is 4.39 Å². The number of hydrazone groups is 1. The van der Waals surface area contributed by atoms with Crippen LogP contribution in [0.2, 0.25) is 5.02 Å². The van der Waals surface area contributed by atoms with Crippen molar-refractivity contribution in [3.63, 3.8) is 0 Å². The van der Waals surface area contributed by atoms with Crippen molar-refractivity contribution in [1.29, 1.82) is 5.41 Å². The number of rotatable bonds is 3. The molecule has 120 valence electrons. The van der Waals surface area contributed by atoms with Crippen LogP contribution in [0, 0.1) is 11.2 Å². The molecule has 0 unspecified atom stereocenters. The van der Waals surface area contributed by atoms with Crippen molar-refractivity contribution in [2.24, 2.45) is 10.9 Å². The van der Waals surface area contributed by atoms with E-state index in [1.54, 1.807) is 24.4 Å². The van der Waals surface area contributed by atoms with Crippen molar-refractivity contribution in [3.8, 4) is 0 Å². The molecule has 3 rings (SSSR count). The molecular formula is C17H11BrClFN4. The van der Waals surface area contributed by atoms with E-state index in [2.05, 4.69) is 26.0 Å². The van der Waals surface area contributed by atoms with Gasteiger partial charge in [-0.2, -0.15) is 5.10 Å². The van der Waals surface area contributed by atoms with E-state index in [0.29, 0.717) is 10.6 Å². The smallest absolute Gasteiger partial charge is 0.132 e. The first-order chi connectivity index (χ1) is 11.5. The molecule has 0 saturated heterocycles. The highest BCUT2D eigenvalue weighted by atomic mass is 79.9. The lowest BCUT2D eigenvalue weighted by molar-refractivity contribution is 0.625. The van der Waals surface area contributed by atoms with E-state index >= 15 is 0 Å². The second kappa shape index (κ2) is 6.67. The Bertz CT molecular complexity index is 987. The number of pyridine rings is 1. The first-order valence-electron chi connectivity index (χ1n) is 6.87. The zero-order valence-electron chi connectivity index (χ0n) is 12.2. The Morgan fingerprint density at radius 3 is 2.75 bits per heavy atom. The fourth-order valence-corrected chi connectivity index (χ4v) is 2.87. The fourth-order valence-electron chi connectivity index (χ4n) is 2.35. The number of benzene rings is 2. The van der Waals surface area contributed by atoms with Crippen molar-refractivity contribution in [3.05, 3.63) is 75.1 Å². The molecule has 0 aliphatic rings. The minimum absolute atomic E-state index is 0.0409. The minimum Gasteiger partial charge on any atom is -0.323 e. The van der Waals surface area contributed by atoms with Crippen LogP contribution >= 0.6 is 27.5 Å². The van der Waals surface area contributed by atoms with E-state index in [1.807, 2.05) is 6.07 Å². The van der Waals surface area contributed by atoms with Crippen LogP contribution < -0.4 is 5.84 Å². The van der Waals surface area contributed by atoms with Gasteiger partial charge >= 0.3 is 0 Å². The topological polar surface area (TPSA) is 75.1 Å². The molecule has 0 aliphatic heterocycles. The molecule has 0 fully saturated rings. The van der Waals surface area contributed by atoms with E-state index in [4.69, 9.17) is 22.9 Å². The largest absolute Gasteiger partial charge is 0.323 e. The van der Waals surface area contributed by atoms with E-state index in [1.165, 1.54) is 18.2 Å². The van der Waals surface area contributed by atoms with Crippen molar-refractivity contribution >= 4 is 49.9 Å². The summed E-state index contributed by atoms with van der Waals surface area (Å²) in [6.07, 6.45) is 1.70. The van der Waals surface area contributed by atoms with Gasteiger partial charge in [0.15, 0.2) is 0 Å². The summed E-state index contributed by atoms with van der Waals surface area (Å²) in [4.78, 5) is 4.29. The monoisotopic (exact) mass is 404 g/mol. The third-order valence-corrected chi connectivity index (χ3v) is 4.15. The van der Waals surface area contributed by atoms with Gasteiger partial charge in [-0.25, -0.2) is 4.39 Å². The van der Waals surface area contributed by atoms with Gasteiger partial charge in [0.05, 0.1) is 11.2 Å². The molecule has 3 aromatic rings. The molecular weight excluding hydrogens is 395 g/mol. The Labute approximate surface area is 150 Å². The maximum Gasteiger partial charge on any atom is 0.132 e. The Morgan fingerprint density at radius 2 is 2.00 bits per heavy atom. The lowest BCUT2D eigenvalue weighted by Gasteiger charge is -2.10. The summed E-state index contributed by atoms with van der Waals surface area (Å²) >= 11 is 9.27. The van der Waals surface area contributed by atoms with Gasteiger partial charge in [0.1, 0.15) is 11.5 Å². The molecule has 0 bridgehead atoms. The van der Waals surface area contributed by atoms with Crippen LogP contribution in [0.25, 0.3) is 10.9 Å². The molecule has 7 heteroatoms. The van der Waals surface area contributed by atoms with E-state index in [9.17, 15) is 4.39 Å². The van der Waals surface area contributed by atoms with E-state index < -0.39 is 5.82 Å². The standard InChI is InChI=1S/C17H11BrClFN4/c18-11-6-10-5-9(1-4-15(10)23-8-11)17(24-22)16(21)13-7-12(19)2-3-14(13)20/h1-8,21H,22H2/b21-16?,24-17-. The van der Waals surface area contributed by atoms with Gasteiger partial charge in [-0.05, 0) is 52.3 Å². The Balaban J connectivity index is 2.09. The number of nitrogens with two attached hydrogens (primary N) is 1. The van der Waals surface area contributed by atoms with Crippen LogP contribution in [0.1, 0.15) is 11.1 Å². The van der Waals surface area contributed by atoms with Crippen LogP contribution in [-0.2, 0) is 0 Å². The molecule has 3 N–H and O–H groups in total. The Morgan fingerprint density at radius 1 is 1.21 bits per heavy atom. The maximum absolute atomic E-state index is 14.0. The SMILES string of the molecule is N=C(/C(=N\N)c1ccc2ncc(Br)cc2c1)c1cc(Cl)ccc1F. The molecule has 24 heavy (non-hydrogen) atoms. The highest BCUT2D eigenvalue weighted by molar-refractivity contribution is 9.10. The van der Waals surface area contributed by atoms with Gasteiger partial charge < -0.3 is 5.84 Å². The van der Waals surface area contributed by atoms with Gasteiger partial charge in [-0.3, -0.25) is 10.4 Å². The van der Waals surface area contributed by atoms with Crippen LogP contribution in [0.3, 0.4) is 0 Å². The number of nitrogens with zero attached hydrogens (tertiary/aromatic N) is 2. The molecule has 4 nitrogen and oxygen atoms in total. The summed E-state index contributed by atoms with van der Waals surface area (Å²) in [7, 11) is 0. The summed E-state index contributed by atoms with van der Waals surface area (Å²) < 4.78 is 14.9. The highest BCUT2D eigenvalue weighted by Crippen LogP contribution is 2.21. The average molecular weight is 406 g/mol. The summed E-state index contributed by atoms with van der Waals surface area (Å²) in [6.45, 7) is 0. The first kappa shape index (κ1) is 16.5. The number of fused-ring (bicyclic) bond motifs is 1. The molecule has 2 aromatic carbocycles. The predicted molar refractivity (Wildman–Crippen MR) is 98.4 cm³/mol. The Kier molecular flexibility index (Phi) is 4.59. The molecule has 1 heterocycles. The van der Waals surface area contributed by atoms with Crippen LogP contribution in [-0.4, -0.2) is 16.4 Å². The van der Waals surface area contributed by atoms with Gasteiger partial charge in [0, 0.05) is 32.2 Å². The van der Waals surface area contributed by atoms with Crippen LogP contribution in [0.15, 0.2) is 58.2 Å². The predicted octanol–water partition coefficient (Wildman–Crippen LogP) is 4.52. The normalized spacial score (nSPS) is 11.7. The molecule has 0 radical (unpaired) electrons. The average Bonchev–Trinajstić information content (AvgIpc) is 2.57. The number of hydrogen-bond donors (Lipinski definition) is 2. The van der Waals surface area contributed by atoms with E-state index in [-0.39, 0.29) is 17.0 Å². The summed E-state index contributed by atoms with van der Waals surface area (Å²) in [5.74, 6) is 4.91. The lowest BCUT2D eigenvalue weighted by atomic mass is 9.98. The fraction of sp³-hybridized carbons (Fsp3) is 0. The highest BCUT2D eigenvalue weighted by Gasteiger charge is 2.17. The lowest BCUT2D eigenvalue weighted by Crippen LogP contribution is -2.19. The molecule has 0 amide bonds. The zero-order chi connectivity index (χ0) is 17.3. The second-order valence-electron chi connectivity index (χ2n) is 5.04.